The number of carbonyl (C=O) groups is 1. The van der Waals surface area contributed by atoms with E-state index >= 15 is 0 Å². The number of benzene rings is 1. The molecule has 1 aromatic heterocycles. The maximum absolute atomic E-state index is 11.6. The number of hydrogen-bond donors (Lipinski definition) is 1. The highest BCUT2D eigenvalue weighted by Crippen LogP contribution is 2.43. The quantitative estimate of drug-likeness (QED) is 0.795. The first-order valence-corrected chi connectivity index (χ1v) is 8.97. The third-order valence-corrected chi connectivity index (χ3v) is 4.29. The van der Waals surface area contributed by atoms with Gasteiger partial charge in [-0.2, -0.15) is 0 Å². The van der Waals surface area contributed by atoms with Gasteiger partial charge in [-0.1, -0.05) is 43.7 Å². The van der Waals surface area contributed by atoms with Gasteiger partial charge in [0, 0.05) is 13.8 Å². The van der Waals surface area contributed by atoms with Gasteiger partial charge in [-0.05, 0) is 38.7 Å². The molecule has 0 aliphatic heterocycles. The maximum Gasteiger partial charge on any atom is 0.341 e. The Labute approximate surface area is 151 Å². The van der Waals surface area contributed by atoms with E-state index in [1.807, 2.05) is 13.8 Å². The lowest BCUT2D eigenvalue weighted by atomic mass is 9.71. The maximum atomic E-state index is 11.6. The van der Waals surface area contributed by atoms with Gasteiger partial charge in [0.15, 0.2) is 0 Å². The second-order valence-corrected chi connectivity index (χ2v) is 5.95. The van der Waals surface area contributed by atoms with E-state index in [2.05, 4.69) is 46.5 Å². The number of nitrogens with zero attached hydrogens (tertiary/aromatic N) is 2. The molecule has 136 valence electrons. The molecule has 1 aliphatic carbocycles. The Morgan fingerprint density at radius 1 is 1.28 bits per heavy atom. The van der Waals surface area contributed by atoms with Crippen molar-refractivity contribution >= 4 is 11.9 Å². The van der Waals surface area contributed by atoms with E-state index in [0.717, 1.165) is 12.8 Å². The first kappa shape index (κ1) is 18.9. The van der Waals surface area contributed by atoms with Gasteiger partial charge >= 0.3 is 5.97 Å². The topological polar surface area (TPSA) is 64.1 Å². The van der Waals surface area contributed by atoms with E-state index < -0.39 is 5.97 Å². The first-order chi connectivity index (χ1) is 12.1. The predicted molar refractivity (Wildman–Crippen MR) is 102 cm³/mol. The highest BCUT2D eigenvalue weighted by Gasteiger charge is 2.39. The standard InChI is InChI=1S/C18H21N3O2.C2H6.H2/c1-3-23-16(22)14-11-19-17(20-12-14)21-18(8-5-9-18)15-7-4-6-13(2)10-15;1-2;/h4,6-7,10-12H,3,5,8-9H2,1-2H3,(H,19,20,21);1-2H3;1H. The van der Waals surface area contributed by atoms with Crippen molar-refractivity contribution < 1.29 is 11.0 Å². The van der Waals surface area contributed by atoms with Crippen molar-refractivity contribution in [2.45, 2.75) is 52.5 Å². The zero-order chi connectivity index (χ0) is 18.3. The van der Waals surface area contributed by atoms with Crippen LogP contribution in [0.4, 0.5) is 5.95 Å². The summed E-state index contributed by atoms with van der Waals surface area (Å²) in [4.78, 5) is 20.2. The van der Waals surface area contributed by atoms with Crippen molar-refractivity contribution in [2.75, 3.05) is 11.9 Å². The molecule has 0 radical (unpaired) electrons. The summed E-state index contributed by atoms with van der Waals surface area (Å²) < 4.78 is 4.94. The molecule has 1 aliphatic rings. The minimum Gasteiger partial charge on any atom is -0.462 e. The van der Waals surface area contributed by atoms with Gasteiger partial charge in [0.1, 0.15) is 0 Å². The minimum absolute atomic E-state index is 0. The number of aromatic nitrogens is 2. The van der Waals surface area contributed by atoms with Gasteiger partial charge in [0.05, 0.1) is 17.7 Å². The van der Waals surface area contributed by atoms with Gasteiger partial charge < -0.3 is 10.1 Å². The molecule has 1 heterocycles. The summed E-state index contributed by atoms with van der Waals surface area (Å²) in [6, 6.07) is 8.53. The molecular weight excluding hydrogens is 314 g/mol. The molecule has 5 nitrogen and oxygen atoms in total. The average Bonchev–Trinajstić information content (AvgIpc) is 2.60. The summed E-state index contributed by atoms with van der Waals surface area (Å²) in [5.74, 6) is 0.148. The Morgan fingerprint density at radius 2 is 1.96 bits per heavy atom. The van der Waals surface area contributed by atoms with Gasteiger partial charge in [-0.3, -0.25) is 0 Å². The molecular formula is C20H29N3O2. The van der Waals surface area contributed by atoms with Crippen LogP contribution in [0.3, 0.4) is 0 Å². The van der Waals surface area contributed by atoms with Gasteiger partial charge in [0.2, 0.25) is 5.95 Å². The lowest BCUT2D eigenvalue weighted by Crippen LogP contribution is -2.42. The van der Waals surface area contributed by atoms with Crippen molar-refractivity contribution in [2.24, 2.45) is 0 Å². The molecule has 0 saturated heterocycles. The lowest BCUT2D eigenvalue weighted by Gasteiger charge is -2.43. The van der Waals surface area contributed by atoms with E-state index in [1.165, 1.54) is 29.9 Å². The highest BCUT2D eigenvalue weighted by molar-refractivity contribution is 5.88. The number of anilines is 1. The van der Waals surface area contributed by atoms with Crippen LogP contribution in [-0.4, -0.2) is 22.5 Å². The molecule has 0 unspecified atom stereocenters. The largest absolute Gasteiger partial charge is 0.462 e. The summed E-state index contributed by atoms with van der Waals surface area (Å²) in [5.41, 5.74) is 2.78. The van der Waals surface area contributed by atoms with E-state index in [-0.39, 0.29) is 6.97 Å². The van der Waals surface area contributed by atoms with Crippen LogP contribution in [0.2, 0.25) is 0 Å². The monoisotopic (exact) mass is 343 g/mol. The molecule has 1 aromatic carbocycles. The van der Waals surface area contributed by atoms with E-state index in [9.17, 15) is 4.79 Å². The smallest absolute Gasteiger partial charge is 0.341 e. The Kier molecular flexibility index (Phi) is 6.51. The van der Waals surface area contributed by atoms with Gasteiger partial charge in [-0.25, -0.2) is 14.8 Å². The molecule has 1 N–H and O–H groups in total. The predicted octanol–water partition coefficient (Wildman–Crippen LogP) is 4.73. The van der Waals surface area contributed by atoms with Crippen molar-refractivity contribution in [3.8, 4) is 0 Å². The van der Waals surface area contributed by atoms with E-state index in [1.54, 1.807) is 6.92 Å². The zero-order valence-electron chi connectivity index (χ0n) is 15.5. The van der Waals surface area contributed by atoms with E-state index in [4.69, 9.17) is 4.74 Å². The van der Waals surface area contributed by atoms with Crippen LogP contribution in [0, 0.1) is 6.92 Å². The van der Waals surface area contributed by atoms with Crippen molar-refractivity contribution in [1.29, 1.82) is 0 Å². The third kappa shape index (κ3) is 4.35. The summed E-state index contributed by atoms with van der Waals surface area (Å²) in [7, 11) is 0. The molecule has 3 rings (SSSR count). The van der Waals surface area contributed by atoms with Gasteiger partial charge in [-0.15, -0.1) is 0 Å². The van der Waals surface area contributed by atoms with Crippen LogP contribution >= 0.6 is 0 Å². The fraction of sp³-hybridized carbons (Fsp3) is 0.450. The normalized spacial score (nSPS) is 14.6. The lowest BCUT2D eigenvalue weighted by molar-refractivity contribution is 0.0525. The van der Waals surface area contributed by atoms with Crippen LogP contribution in [0.15, 0.2) is 36.7 Å². The summed E-state index contributed by atoms with van der Waals surface area (Å²) in [5, 5.41) is 3.46. The summed E-state index contributed by atoms with van der Waals surface area (Å²) in [6.45, 7) is 8.21. The van der Waals surface area contributed by atoms with Crippen LogP contribution in [0.25, 0.3) is 0 Å². The second-order valence-electron chi connectivity index (χ2n) is 5.95. The highest BCUT2D eigenvalue weighted by atomic mass is 16.5. The number of hydrogen-bond acceptors (Lipinski definition) is 5. The number of rotatable bonds is 5. The van der Waals surface area contributed by atoms with Crippen LogP contribution in [0.5, 0.6) is 0 Å². The molecule has 5 heteroatoms. The van der Waals surface area contributed by atoms with Gasteiger partial charge in [0.25, 0.3) is 0 Å². The summed E-state index contributed by atoms with van der Waals surface area (Å²) >= 11 is 0. The number of esters is 1. The SMILES string of the molecule is CC.CCOC(=O)c1cnc(NC2(c3cccc(C)c3)CCC2)nc1.[HH]. The fourth-order valence-electron chi connectivity index (χ4n) is 2.89. The van der Waals surface area contributed by atoms with Crippen molar-refractivity contribution in [1.82, 2.24) is 9.97 Å². The van der Waals surface area contributed by atoms with E-state index in [0.29, 0.717) is 18.1 Å². The van der Waals surface area contributed by atoms with Crippen molar-refractivity contribution in [3.05, 3.63) is 53.3 Å². The molecule has 25 heavy (non-hydrogen) atoms. The van der Waals surface area contributed by atoms with Crippen molar-refractivity contribution in [3.63, 3.8) is 0 Å². The number of carbonyl (C=O) groups excluding carboxylic acids is 1. The number of ether oxygens (including phenoxy) is 1. The molecule has 0 bridgehead atoms. The second kappa shape index (κ2) is 8.60. The number of nitrogens with one attached hydrogen (secondary N) is 1. The van der Waals surface area contributed by atoms with Crippen LogP contribution in [-0.2, 0) is 10.3 Å². The Bertz CT molecular complexity index is 700. The molecule has 0 amide bonds. The van der Waals surface area contributed by atoms with Crippen LogP contribution < -0.4 is 5.32 Å². The minimum atomic E-state index is -0.393. The zero-order valence-corrected chi connectivity index (χ0v) is 15.5. The number of aryl methyl sites for hydroxylation is 1. The molecule has 1 saturated carbocycles. The molecule has 2 aromatic rings. The Morgan fingerprint density at radius 3 is 2.48 bits per heavy atom. The first-order valence-electron chi connectivity index (χ1n) is 8.97. The van der Waals surface area contributed by atoms with Crippen LogP contribution in [0.1, 0.15) is 62.9 Å². The third-order valence-electron chi connectivity index (χ3n) is 4.29. The molecule has 0 atom stereocenters. The Hall–Kier alpha value is -2.43. The Balaban J connectivity index is 0.00000109. The fourth-order valence-corrected chi connectivity index (χ4v) is 2.89. The summed E-state index contributed by atoms with van der Waals surface area (Å²) in [6.07, 6.45) is 6.31. The average molecular weight is 343 g/mol. The molecule has 0 spiro atoms. The molecule has 1 fully saturated rings.